The first-order valence-corrected chi connectivity index (χ1v) is 17.7. The molecule has 0 N–H and O–H groups in total. The van der Waals surface area contributed by atoms with Gasteiger partial charge in [-0.05, 0) is 89.6 Å². The third-order valence-electron chi connectivity index (χ3n) is 10.3. The van der Waals surface area contributed by atoms with Crippen LogP contribution in [-0.2, 0) is 0 Å². The molecule has 52 heavy (non-hydrogen) atoms. The summed E-state index contributed by atoms with van der Waals surface area (Å²) in [5.41, 5.74) is 9.66. The maximum atomic E-state index is 5.09. The average molecular weight is 661 g/mol. The molecule has 0 spiro atoms. The average Bonchev–Trinajstić information content (AvgIpc) is 3.23. The van der Waals surface area contributed by atoms with E-state index in [1.165, 1.54) is 65.3 Å². The Labute approximate surface area is 302 Å². The van der Waals surface area contributed by atoms with Gasteiger partial charge < -0.3 is 0 Å². The molecule has 0 saturated carbocycles. The van der Waals surface area contributed by atoms with Crippen molar-refractivity contribution >= 4 is 43.1 Å². The first-order chi connectivity index (χ1) is 25.7. The van der Waals surface area contributed by atoms with E-state index in [4.69, 9.17) is 9.97 Å². The van der Waals surface area contributed by atoms with E-state index in [0.717, 1.165) is 28.1 Å². The van der Waals surface area contributed by atoms with Crippen molar-refractivity contribution in [3.8, 4) is 56.2 Å². The van der Waals surface area contributed by atoms with Crippen LogP contribution in [0.3, 0.4) is 0 Å². The lowest BCUT2D eigenvalue weighted by Crippen LogP contribution is -1.96. The molecule has 0 saturated heterocycles. The summed E-state index contributed by atoms with van der Waals surface area (Å²) in [4.78, 5) is 10.2. The summed E-state index contributed by atoms with van der Waals surface area (Å²) in [5, 5.41) is 10.1. The van der Waals surface area contributed by atoms with E-state index in [2.05, 4.69) is 176 Å². The molecule has 0 unspecified atom stereocenters. The van der Waals surface area contributed by atoms with Crippen LogP contribution in [-0.4, -0.2) is 9.97 Å². The fraction of sp³-hybridized carbons (Fsp3) is 0. The molecule has 0 amide bonds. The van der Waals surface area contributed by atoms with Gasteiger partial charge in [0.25, 0.3) is 0 Å². The van der Waals surface area contributed by atoms with Gasteiger partial charge in [-0.1, -0.05) is 170 Å². The van der Waals surface area contributed by atoms with Gasteiger partial charge in [-0.3, -0.25) is 0 Å². The molecular weight excluding hydrogens is 629 g/mol. The fourth-order valence-corrected chi connectivity index (χ4v) is 7.52. The van der Waals surface area contributed by atoms with E-state index in [0.29, 0.717) is 5.82 Å². The Morgan fingerprint density at radius 2 is 0.808 bits per heavy atom. The van der Waals surface area contributed by atoms with Gasteiger partial charge in [0.05, 0.1) is 11.4 Å². The number of fused-ring (bicyclic) bond motifs is 5. The van der Waals surface area contributed by atoms with Gasteiger partial charge >= 0.3 is 0 Å². The van der Waals surface area contributed by atoms with Crippen LogP contribution in [0.2, 0.25) is 0 Å². The quantitative estimate of drug-likeness (QED) is 0.136. The Bertz CT molecular complexity index is 2930. The van der Waals surface area contributed by atoms with Gasteiger partial charge in [-0.25, -0.2) is 9.97 Å². The molecule has 1 aromatic heterocycles. The van der Waals surface area contributed by atoms with Crippen LogP contribution in [0.15, 0.2) is 194 Å². The van der Waals surface area contributed by atoms with Crippen molar-refractivity contribution in [3.63, 3.8) is 0 Å². The zero-order chi connectivity index (χ0) is 34.4. The third-order valence-corrected chi connectivity index (χ3v) is 10.3. The van der Waals surface area contributed by atoms with Crippen LogP contribution in [0.25, 0.3) is 99.2 Å². The molecule has 0 radical (unpaired) electrons. The Balaban J connectivity index is 1.03. The van der Waals surface area contributed by atoms with Crippen molar-refractivity contribution in [1.29, 1.82) is 0 Å². The predicted molar refractivity (Wildman–Crippen MR) is 219 cm³/mol. The summed E-state index contributed by atoms with van der Waals surface area (Å²) >= 11 is 0. The van der Waals surface area contributed by atoms with Gasteiger partial charge in [-0.15, -0.1) is 0 Å². The molecule has 242 valence electrons. The maximum Gasteiger partial charge on any atom is 0.160 e. The molecule has 10 rings (SSSR count). The van der Waals surface area contributed by atoms with Crippen molar-refractivity contribution in [3.05, 3.63) is 194 Å². The van der Waals surface area contributed by atoms with Crippen LogP contribution in [0.5, 0.6) is 0 Å². The smallest absolute Gasteiger partial charge is 0.160 e. The normalized spacial score (nSPS) is 11.5. The van der Waals surface area contributed by atoms with Gasteiger partial charge in [0, 0.05) is 16.7 Å². The second kappa shape index (κ2) is 12.5. The Morgan fingerprint density at radius 3 is 1.52 bits per heavy atom. The van der Waals surface area contributed by atoms with Gasteiger partial charge in [0.1, 0.15) is 0 Å². The fourth-order valence-electron chi connectivity index (χ4n) is 7.52. The Morgan fingerprint density at radius 1 is 0.250 bits per heavy atom. The van der Waals surface area contributed by atoms with Gasteiger partial charge in [0.15, 0.2) is 5.82 Å². The zero-order valence-corrected chi connectivity index (χ0v) is 28.4. The van der Waals surface area contributed by atoms with E-state index >= 15 is 0 Å². The molecule has 0 atom stereocenters. The first kappa shape index (κ1) is 30.0. The SMILES string of the molecule is c1ccc(-c2nc(-c3ccc(-c4ccc5ccccc5c4)cc3)cc(-c3ccc(-c4cccc5c4ccc4cc6ccccc6cc45)cc3)n2)cc1. The van der Waals surface area contributed by atoms with E-state index in [-0.39, 0.29) is 0 Å². The topological polar surface area (TPSA) is 25.8 Å². The lowest BCUT2D eigenvalue weighted by molar-refractivity contribution is 1.18. The first-order valence-electron chi connectivity index (χ1n) is 17.7. The second-order valence-corrected chi connectivity index (χ2v) is 13.4. The van der Waals surface area contributed by atoms with Crippen molar-refractivity contribution in [2.45, 2.75) is 0 Å². The summed E-state index contributed by atoms with van der Waals surface area (Å²) in [6.07, 6.45) is 0. The monoisotopic (exact) mass is 660 g/mol. The number of aromatic nitrogens is 2. The van der Waals surface area contributed by atoms with Crippen molar-refractivity contribution in [1.82, 2.24) is 9.97 Å². The molecule has 9 aromatic carbocycles. The summed E-state index contributed by atoms with van der Waals surface area (Å²) in [7, 11) is 0. The largest absolute Gasteiger partial charge is 0.228 e. The highest BCUT2D eigenvalue weighted by molar-refractivity contribution is 6.15. The third kappa shape index (κ3) is 5.39. The van der Waals surface area contributed by atoms with E-state index in [9.17, 15) is 0 Å². The highest BCUT2D eigenvalue weighted by atomic mass is 14.9. The van der Waals surface area contributed by atoms with Crippen LogP contribution in [0.1, 0.15) is 0 Å². The molecule has 10 aromatic rings. The van der Waals surface area contributed by atoms with Crippen molar-refractivity contribution < 1.29 is 0 Å². The molecule has 2 heteroatoms. The van der Waals surface area contributed by atoms with E-state index in [1.54, 1.807) is 0 Å². The van der Waals surface area contributed by atoms with Crippen molar-refractivity contribution in [2.75, 3.05) is 0 Å². The van der Waals surface area contributed by atoms with Crippen LogP contribution >= 0.6 is 0 Å². The number of benzene rings is 9. The Hall–Kier alpha value is -6.90. The molecular formula is C50H32N2. The minimum Gasteiger partial charge on any atom is -0.228 e. The molecule has 0 aliphatic heterocycles. The minimum absolute atomic E-state index is 0.712. The second-order valence-electron chi connectivity index (χ2n) is 13.4. The van der Waals surface area contributed by atoms with Gasteiger partial charge in [0.2, 0.25) is 0 Å². The lowest BCUT2D eigenvalue weighted by atomic mass is 9.93. The maximum absolute atomic E-state index is 5.09. The number of hydrogen-bond donors (Lipinski definition) is 0. The summed E-state index contributed by atoms with van der Waals surface area (Å²) in [5.74, 6) is 0.712. The summed E-state index contributed by atoms with van der Waals surface area (Å²) in [6.45, 7) is 0. The highest BCUT2D eigenvalue weighted by Gasteiger charge is 2.13. The van der Waals surface area contributed by atoms with E-state index < -0.39 is 0 Å². The van der Waals surface area contributed by atoms with Gasteiger partial charge in [-0.2, -0.15) is 0 Å². The van der Waals surface area contributed by atoms with Crippen molar-refractivity contribution in [2.24, 2.45) is 0 Å². The highest BCUT2D eigenvalue weighted by Crippen LogP contribution is 2.36. The molecule has 0 aliphatic rings. The Kier molecular flexibility index (Phi) is 7.18. The molecule has 0 bridgehead atoms. The number of hydrogen-bond acceptors (Lipinski definition) is 2. The summed E-state index contributed by atoms with van der Waals surface area (Å²) < 4.78 is 0. The molecule has 0 fully saturated rings. The number of rotatable bonds is 5. The zero-order valence-electron chi connectivity index (χ0n) is 28.4. The van der Waals surface area contributed by atoms with Crippen LogP contribution in [0.4, 0.5) is 0 Å². The standard InChI is InChI=1S/C50H32N2/c1-2-10-38(11-3-1)50-51-48(36-22-17-34(18-23-36)42-26-19-33-9-4-5-12-39(33)29-42)32-49(52-50)37-24-20-35(21-25-37)44-15-8-16-45-46(44)28-27-43-30-40-13-6-7-14-41(40)31-47(43)45/h1-32H. The summed E-state index contributed by atoms with van der Waals surface area (Å²) in [6, 6.07) is 69.4. The predicted octanol–water partition coefficient (Wildman–Crippen LogP) is 13.4. The molecule has 0 aliphatic carbocycles. The van der Waals surface area contributed by atoms with E-state index in [1.807, 2.05) is 18.2 Å². The molecule has 2 nitrogen and oxygen atoms in total. The minimum atomic E-state index is 0.712. The van der Waals surface area contributed by atoms with Crippen LogP contribution in [0, 0.1) is 0 Å². The number of nitrogens with zero attached hydrogens (tertiary/aromatic N) is 2. The van der Waals surface area contributed by atoms with Crippen LogP contribution < -0.4 is 0 Å². The molecule has 1 heterocycles. The lowest BCUT2D eigenvalue weighted by Gasteiger charge is -2.12.